The summed E-state index contributed by atoms with van der Waals surface area (Å²) < 4.78 is 13.5. The minimum Gasteiger partial charge on any atom is -0.493 e. The van der Waals surface area contributed by atoms with Gasteiger partial charge in [-0.05, 0) is 18.2 Å². The van der Waals surface area contributed by atoms with E-state index in [1.54, 1.807) is 43.2 Å². The van der Waals surface area contributed by atoms with Gasteiger partial charge in [-0.15, -0.1) is 0 Å². The summed E-state index contributed by atoms with van der Waals surface area (Å²) in [5.41, 5.74) is 1.76. The Morgan fingerprint density at radius 2 is 1.79 bits per heavy atom. The lowest BCUT2D eigenvalue weighted by atomic mass is 10.2. The zero-order valence-electron chi connectivity index (χ0n) is 16.6. The van der Waals surface area contributed by atoms with Crippen LogP contribution in [-0.2, 0) is 20.6 Å². The van der Waals surface area contributed by atoms with Crippen molar-refractivity contribution in [1.29, 1.82) is 0 Å². The number of hydrogen-bond donors (Lipinski definition) is 2. The molecular formula is C19H22N6O4. The van der Waals surface area contributed by atoms with E-state index in [2.05, 4.69) is 20.8 Å². The third-order valence-electron chi connectivity index (χ3n) is 4.26. The molecule has 0 aliphatic rings. The van der Waals surface area contributed by atoms with Crippen molar-refractivity contribution in [2.45, 2.75) is 6.54 Å². The normalized spacial score (nSPS) is 10.5. The molecule has 0 saturated carbocycles. The van der Waals surface area contributed by atoms with Crippen LogP contribution in [0.2, 0.25) is 0 Å². The molecule has 0 fully saturated rings. The van der Waals surface area contributed by atoms with Crippen LogP contribution >= 0.6 is 0 Å². The van der Waals surface area contributed by atoms with Crippen molar-refractivity contribution in [2.75, 3.05) is 19.5 Å². The number of rotatable bonds is 7. The average molecular weight is 398 g/mol. The molecule has 0 bridgehead atoms. The number of ether oxygens (including phenoxy) is 2. The number of carbonyl (C=O) groups is 2. The number of amides is 2. The molecule has 2 aromatic heterocycles. The van der Waals surface area contributed by atoms with Gasteiger partial charge in [0.25, 0.3) is 11.8 Å². The molecule has 0 radical (unpaired) electrons. The lowest BCUT2D eigenvalue weighted by Crippen LogP contribution is -2.26. The molecule has 0 spiro atoms. The van der Waals surface area contributed by atoms with E-state index >= 15 is 0 Å². The van der Waals surface area contributed by atoms with Gasteiger partial charge in [0.15, 0.2) is 11.5 Å². The van der Waals surface area contributed by atoms with Gasteiger partial charge in [-0.2, -0.15) is 10.2 Å². The maximum absolute atomic E-state index is 12.7. The summed E-state index contributed by atoms with van der Waals surface area (Å²) in [6, 6.07) is 4.81. The molecule has 29 heavy (non-hydrogen) atoms. The van der Waals surface area contributed by atoms with Gasteiger partial charge in [-0.3, -0.25) is 19.0 Å². The van der Waals surface area contributed by atoms with Crippen molar-refractivity contribution < 1.29 is 19.1 Å². The van der Waals surface area contributed by atoms with Crippen LogP contribution in [0.5, 0.6) is 11.5 Å². The van der Waals surface area contributed by atoms with Crippen molar-refractivity contribution >= 4 is 17.5 Å². The molecule has 0 atom stereocenters. The second kappa shape index (κ2) is 8.46. The first-order valence-corrected chi connectivity index (χ1v) is 8.74. The predicted octanol–water partition coefficient (Wildman–Crippen LogP) is 1.35. The number of aryl methyl sites for hydroxylation is 2. The highest BCUT2D eigenvalue weighted by atomic mass is 16.5. The Labute approximate surface area is 167 Å². The second-order valence-electron chi connectivity index (χ2n) is 6.26. The largest absolute Gasteiger partial charge is 0.493 e. The SMILES string of the molecule is COc1ccc(C(=O)Nc2cnn(C)c2C(=O)NCc2cnn(C)c2)cc1OC. The Balaban J connectivity index is 1.75. The van der Waals surface area contributed by atoms with Crippen molar-refractivity contribution in [3.05, 3.63) is 53.6 Å². The molecule has 1 aromatic carbocycles. The van der Waals surface area contributed by atoms with Gasteiger partial charge in [-0.25, -0.2) is 0 Å². The van der Waals surface area contributed by atoms with Gasteiger partial charge in [0.1, 0.15) is 5.69 Å². The van der Waals surface area contributed by atoms with Crippen molar-refractivity contribution in [1.82, 2.24) is 24.9 Å². The quantitative estimate of drug-likeness (QED) is 0.621. The topological polar surface area (TPSA) is 112 Å². The summed E-state index contributed by atoms with van der Waals surface area (Å²) >= 11 is 0. The number of aromatic nitrogens is 4. The lowest BCUT2D eigenvalue weighted by molar-refractivity contribution is 0.0942. The van der Waals surface area contributed by atoms with Crippen LogP contribution in [0.15, 0.2) is 36.8 Å². The fraction of sp³-hybridized carbons (Fsp3) is 0.263. The van der Waals surface area contributed by atoms with Crippen LogP contribution in [0.25, 0.3) is 0 Å². The summed E-state index contributed by atoms with van der Waals surface area (Å²) in [6.07, 6.45) is 4.91. The molecule has 10 heteroatoms. The number of hydrogen-bond acceptors (Lipinski definition) is 6. The molecule has 2 N–H and O–H groups in total. The maximum atomic E-state index is 12.7. The third kappa shape index (κ3) is 4.37. The van der Waals surface area contributed by atoms with E-state index in [9.17, 15) is 9.59 Å². The highest BCUT2D eigenvalue weighted by molar-refractivity contribution is 6.08. The van der Waals surface area contributed by atoms with Crippen LogP contribution in [0.1, 0.15) is 26.4 Å². The minimum absolute atomic E-state index is 0.239. The van der Waals surface area contributed by atoms with Crippen LogP contribution in [0.3, 0.4) is 0 Å². The molecule has 0 saturated heterocycles. The van der Waals surface area contributed by atoms with E-state index in [1.807, 2.05) is 6.20 Å². The van der Waals surface area contributed by atoms with Gasteiger partial charge >= 0.3 is 0 Å². The fourth-order valence-corrected chi connectivity index (χ4v) is 2.80. The number of carbonyl (C=O) groups excluding carboxylic acids is 2. The Morgan fingerprint density at radius 1 is 1.03 bits per heavy atom. The summed E-state index contributed by atoms with van der Waals surface area (Å²) in [6.45, 7) is 0.306. The fourth-order valence-electron chi connectivity index (χ4n) is 2.80. The summed E-state index contributed by atoms with van der Waals surface area (Å²) in [7, 11) is 6.44. The van der Waals surface area contributed by atoms with E-state index in [1.165, 1.54) is 25.1 Å². The van der Waals surface area contributed by atoms with E-state index in [0.29, 0.717) is 29.3 Å². The van der Waals surface area contributed by atoms with E-state index in [-0.39, 0.29) is 11.6 Å². The van der Waals surface area contributed by atoms with E-state index in [0.717, 1.165) is 5.56 Å². The summed E-state index contributed by atoms with van der Waals surface area (Å²) in [5.74, 6) is 0.179. The first kappa shape index (κ1) is 19.9. The Bertz CT molecular complexity index is 1040. The number of nitrogens with zero attached hydrogens (tertiary/aromatic N) is 4. The third-order valence-corrected chi connectivity index (χ3v) is 4.26. The maximum Gasteiger partial charge on any atom is 0.271 e. The van der Waals surface area contributed by atoms with Gasteiger partial charge in [0.2, 0.25) is 0 Å². The lowest BCUT2D eigenvalue weighted by Gasteiger charge is -2.11. The molecule has 0 aliphatic heterocycles. The zero-order chi connectivity index (χ0) is 21.0. The van der Waals surface area contributed by atoms with Crippen LogP contribution in [-0.4, -0.2) is 45.6 Å². The molecule has 0 aliphatic carbocycles. The van der Waals surface area contributed by atoms with Gasteiger partial charge < -0.3 is 20.1 Å². The Morgan fingerprint density at radius 3 is 2.45 bits per heavy atom. The van der Waals surface area contributed by atoms with Crippen LogP contribution in [0, 0.1) is 0 Å². The molecule has 0 unspecified atom stereocenters. The molecule has 2 amide bonds. The highest BCUT2D eigenvalue weighted by Gasteiger charge is 2.20. The second-order valence-corrected chi connectivity index (χ2v) is 6.26. The first-order valence-electron chi connectivity index (χ1n) is 8.74. The Hall–Kier alpha value is -3.82. The number of benzene rings is 1. The van der Waals surface area contributed by atoms with Gasteiger partial charge in [0, 0.05) is 38.0 Å². The molecule has 10 nitrogen and oxygen atoms in total. The summed E-state index contributed by atoms with van der Waals surface area (Å²) in [4.78, 5) is 25.3. The van der Waals surface area contributed by atoms with E-state index in [4.69, 9.17) is 9.47 Å². The smallest absolute Gasteiger partial charge is 0.271 e. The highest BCUT2D eigenvalue weighted by Crippen LogP contribution is 2.28. The standard InChI is InChI=1S/C19H22N6O4/c1-24-11-12(9-21-24)8-20-19(27)17-14(10-22-25(17)2)23-18(26)13-5-6-15(28-3)16(7-13)29-4/h5-7,9-11H,8H2,1-4H3,(H,20,27)(H,23,26). The monoisotopic (exact) mass is 398 g/mol. The van der Waals surface area contributed by atoms with Crippen molar-refractivity contribution in [2.24, 2.45) is 14.1 Å². The Kier molecular flexibility index (Phi) is 5.82. The zero-order valence-corrected chi connectivity index (χ0v) is 16.6. The molecule has 152 valence electrons. The van der Waals surface area contributed by atoms with Gasteiger partial charge in [-0.1, -0.05) is 0 Å². The molecule has 3 aromatic rings. The van der Waals surface area contributed by atoms with Crippen LogP contribution in [0.4, 0.5) is 5.69 Å². The van der Waals surface area contributed by atoms with E-state index < -0.39 is 5.91 Å². The van der Waals surface area contributed by atoms with Crippen molar-refractivity contribution in [3.8, 4) is 11.5 Å². The molecular weight excluding hydrogens is 376 g/mol. The number of anilines is 1. The van der Waals surface area contributed by atoms with Crippen LogP contribution < -0.4 is 20.1 Å². The average Bonchev–Trinajstić information content (AvgIpc) is 3.30. The summed E-state index contributed by atoms with van der Waals surface area (Å²) in [5, 5.41) is 13.7. The van der Waals surface area contributed by atoms with Gasteiger partial charge in [0.05, 0.1) is 32.3 Å². The van der Waals surface area contributed by atoms with Crippen molar-refractivity contribution in [3.63, 3.8) is 0 Å². The minimum atomic E-state index is -0.403. The molecule has 3 rings (SSSR count). The predicted molar refractivity (Wildman–Crippen MR) is 105 cm³/mol. The number of methoxy groups -OCH3 is 2. The number of nitrogens with one attached hydrogen (secondary N) is 2. The first-order chi connectivity index (χ1) is 13.9. The molecule has 2 heterocycles.